The molecule has 1 fully saturated rings. The number of rotatable bonds is 5. The van der Waals surface area contributed by atoms with Gasteiger partial charge in [0.25, 0.3) is 0 Å². The number of alkyl halides is 3. The molecule has 0 bridgehead atoms. The van der Waals surface area contributed by atoms with Crippen LogP contribution in [0.4, 0.5) is 13.2 Å². The molecule has 1 saturated heterocycles. The highest BCUT2D eigenvalue weighted by Gasteiger charge is 2.37. The third-order valence-corrected chi connectivity index (χ3v) is 4.31. The maximum Gasteiger partial charge on any atom is 0.406 e. The van der Waals surface area contributed by atoms with Gasteiger partial charge in [0.1, 0.15) is 12.3 Å². The van der Waals surface area contributed by atoms with Crippen molar-refractivity contribution in [1.29, 1.82) is 0 Å². The third-order valence-electron chi connectivity index (χ3n) is 4.31. The molecule has 2 atom stereocenters. The molecule has 1 aliphatic rings. The van der Waals surface area contributed by atoms with Crippen molar-refractivity contribution in [2.45, 2.75) is 58.2 Å². The summed E-state index contributed by atoms with van der Waals surface area (Å²) in [6, 6.07) is -0.523. The number of aromatic nitrogens is 1. The predicted octanol–water partition coefficient (Wildman–Crippen LogP) is 3.35. The summed E-state index contributed by atoms with van der Waals surface area (Å²) in [4.78, 5) is 13.5. The SMILES string of the molecule is Cc1noc(C)c1[C@@H](C)CC(=O)N(CC(F)(F)F)[C@@H]1CCCOC1. The maximum atomic E-state index is 12.9. The number of hydrogen-bond donors (Lipinski definition) is 0. The molecule has 2 heterocycles. The largest absolute Gasteiger partial charge is 0.406 e. The molecule has 0 radical (unpaired) electrons. The van der Waals surface area contributed by atoms with Gasteiger partial charge in [-0.05, 0) is 32.6 Å². The Morgan fingerprint density at radius 1 is 1.42 bits per heavy atom. The lowest BCUT2D eigenvalue weighted by atomic mass is 9.95. The first kappa shape index (κ1) is 18.8. The molecular formula is C16H23F3N2O3. The summed E-state index contributed by atoms with van der Waals surface area (Å²) in [7, 11) is 0. The molecule has 8 heteroatoms. The molecule has 136 valence electrons. The monoisotopic (exact) mass is 348 g/mol. The Balaban J connectivity index is 2.11. The highest BCUT2D eigenvalue weighted by Crippen LogP contribution is 2.28. The lowest BCUT2D eigenvalue weighted by Gasteiger charge is -2.35. The minimum Gasteiger partial charge on any atom is -0.379 e. The van der Waals surface area contributed by atoms with Crippen molar-refractivity contribution in [3.05, 3.63) is 17.0 Å². The van der Waals surface area contributed by atoms with Crippen LogP contribution in [0.2, 0.25) is 0 Å². The first-order valence-electron chi connectivity index (χ1n) is 8.05. The fraction of sp³-hybridized carbons (Fsp3) is 0.750. The first-order chi connectivity index (χ1) is 11.2. The highest BCUT2D eigenvalue weighted by molar-refractivity contribution is 5.77. The van der Waals surface area contributed by atoms with Gasteiger partial charge in [-0.25, -0.2) is 0 Å². The van der Waals surface area contributed by atoms with E-state index in [4.69, 9.17) is 9.26 Å². The van der Waals surface area contributed by atoms with Gasteiger partial charge in [-0.3, -0.25) is 4.79 Å². The number of ether oxygens (including phenoxy) is 1. The van der Waals surface area contributed by atoms with Crippen molar-refractivity contribution >= 4 is 5.91 Å². The van der Waals surface area contributed by atoms with Gasteiger partial charge >= 0.3 is 6.18 Å². The van der Waals surface area contributed by atoms with Crippen LogP contribution in [0.5, 0.6) is 0 Å². The molecule has 2 rings (SSSR count). The zero-order valence-electron chi connectivity index (χ0n) is 14.2. The molecule has 24 heavy (non-hydrogen) atoms. The van der Waals surface area contributed by atoms with Gasteiger partial charge in [0.2, 0.25) is 5.91 Å². The van der Waals surface area contributed by atoms with Gasteiger partial charge in [-0.2, -0.15) is 13.2 Å². The number of carbonyl (C=O) groups excluding carboxylic acids is 1. The van der Waals surface area contributed by atoms with Gasteiger partial charge in [-0.1, -0.05) is 12.1 Å². The molecule has 1 aromatic heterocycles. The molecule has 0 unspecified atom stereocenters. The van der Waals surface area contributed by atoms with Crippen LogP contribution in [-0.4, -0.2) is 47.9 Å². The van der Waals surface area contributed by atoms with E-state index < -0.39 is 24.7 Å². The van der Waals surface area contributed by atoms with Crippen LogP contribution in [0.15, 0.2) is 4.52 Å². The summed E-state index contributed by atoms with van der Waals surface area (Å²) in [5.41, 5.74) is 1.45. The second-order valence-corrected chi connectivity index (χ2v) is 6.35. The molecular weight excluding hydrogens is 325 g/mol. The first-order valence-corrected chi connectivity index (χ1v) is 8.05. The number of nitrogens with zero attached hydrogens (tertiary/aromatic N) is 2. The van der Waals surface area contributed by atoms with E-state index in [0.29, 0.717) is 30.9 Å². The lowest BCUT2D eigenvalue weighted by Crippen LogP contribution is -2.49. The Labute approximate surface area is 139 Å². The zero-order valence-corrected chi connectivity index (χ0v) is 14.2. The van der Waals surface area contributed by atoms with Gasteiger partial charge in [-0.15, -0.1) is 0 Å². The van der Waals surface area contributed by atoms with E-state index in [9.17, 15) is 18.0 Å². The van der Waals surface area contributed by atoms with Crippen LogP contribution >= 0.6 is 0 Å². The second kappa shape index (κ2) is 7.55. The van der Waals surface area contributed by atoms with E-state index in [1.165, 1.54) is 0 Å². The minimum absolute atomic E-state index is 0.0184. The average Bonchev–Trinajstić information content (AvgIpc) is 2.83. The van der Waals surface area contributed by atoms with Crippen molar-refractivity contribution in [3.63, 3.8) is 0 Å². The minimum atomic E-state index is -4.43. The lowest BCUT2D eigenvalue weighted by molar-refractivity contribution is -0.170. The molecule has 0 N–H and O–H groups in total. The molecule has 5 nitrogen and oxygen atoms in total. The van der Waals surface area contributed by atoms with Gasteiger partial charge in [0, 0.05) is 18.6 Å². The van der Waals surface area contributed by atoms with Crippen molar-refractivity contribution in [2.24, 2.45) is 0 Å². The van der Waals surface area contributed by atoms with Crippen molar-refractivity contribution in [3.8, 4) is 0 Å². The number of carbonyl (C=O) groups is 1. The summed E-state index contributed by atoms with van der Waals surface area (Å²) in [6.45, 7) is 4.73. The topological polar surface area (TPSA) is 55.6 Å². The van der Waals surface area contributed by atoms with Crippen molar-refractivity contribution in [2.75, 3.05) is 19.8 Å². The quantitative estimate of drug-likeness (QED) is 0.819. The molecule has 0 aromatic carbocycles. The van der Waals surface area contributed by atoms with E-state index >= 15 is 0 Å². The number of hydrogen-bond acceptors (Lipinski definition) is 4. The average molecular weight is 348 g/mol. The zero-order chi connectivity index (χ0) is 17.9. The number of amides is 1. The number of aryl methyl sites for hydroxylation is 2. The summed E-state index contributed by atoms with van der Waals surface area (Å²) in [5, 5.41) is 3.84. The maximum absolute atomic E-state index is 12.9. The van der Waals surface area contributed by atoms with Crippen LogP contribution in [0.3, 0.4) is 0 Å². The normalized spacial score (nSPS) is 20.0. The number of halogens is 3. The summed E-state index contributed by atoms with van der Waals surface area (Å²) >= 11 is 0. The Kier molecular flexibility index (Phi) is 5.90. The van der Waals surface area contributed by atoms with Crippen LogP contribution in [0.25, 0.3) is 0 Å². The smallest absolute Gasteiger partial charge is 0.379 e. The van der Waals surface area contributed by atoms with Crippen molar-refractivity contribution < 1.29 is 27.2 Å². The molecule has 1 aliphatic heterocycles. The van der Waals surface area contributed by atoms with E-state index in [-0.39, 0.29) is 18.9 Å². The Morgan fingerprint density at radius 3 is 2.62 bits per heavy atom. The second-order valence-electron chi connectivity index (χ2n) is 6.35. The fourth-order valence-electron chi connectivity index (χ4n) is 3.26. The van der Waals surface area contributed by atoms with Gasteiger partial charge in [0.05, 0.1) is 18.3 Å². The Hall–Kier alpha value is -1.57. The van der Waals surface area contributed by atoms with E-state index in [0.717, 1.165) is 10.5 Å². The van der Waals surface area contributed by atoms with Crippen LogP contribution in [-0.2, 0) is 9.53 Å². The Morgan fingerprint density at radius 2 is 2.12 bits per heavy atom. The molecule has 1 aromatic rings. The molecule has 0 saturated carbocycles. The van der Waals surface area contributed by atoms with Gasteiger partial charge < -0.3 is 14.2 Å². The van der Waals surface area contributed by atoms with Crippen LogP contribution in [0, 0.1) is 13.8 Å². The van der Waals surface area contributed by atoms with Crippen LogP contribution in [0.1, 0.15) is 49.1 Å². The van der Waals surface area contributed by atoms with E-state index in [1.807, 2.05) is 0 Å². The standard InChI is InChI=1S/C16H23F3N2O3/c1-10(15-11(2)20-24-12(15)3)7-14(22)21(9-16(17,18)19)13-5-4-6-23-8-13/h10,13H,4-9H2,1-3H3/t10-,13+/m0/s1. The predicted molar refractivity (Wildman–Crippen MR) is 80.6 cm³/mol. The summed E-state index contributed by atoms with van der Waals surface area (Å²) in [6.07, 6.45) is -3.26. The van der Waals surface area contributed by atoms with Crippen LogP contribution < -0.4 is 0 Å². The molecule has 1 amide bonds. The highest BCUT2D eigenvalue weighted by atomic mass is 19.4. The van der Waals surface area contributed by atoms with E-state index in [2.05, 4.69) is 5.16 Å². The summed E-state index contributed by atoms with van der Waals surface area (Å²) < 4.78 is 49.0. The van der Waals surface area contributed by atoms with E-state index in [1.54, 1.807) is 20.8 Å². The fourth-order valence-corrected chi connectivity index (χ4v) is 3.26. The molecule has 0 aliphatic carbocycles. The van der Waals surface area contributed by atoms with Gasteiger partial charge in [0.15, 0.2) is 0 Å². The third kappa shape index (κ3) is 4.72. The summed E-state index contributed by atoms with van der Waals surface area (Å²) in [5.74, 6) is -0.185. The van der Waals surface area contributed by atoms with Crippen molar-refractivity contribution in [1.82, 2.24) is 10.1 Å². The molecule has 0 spiro atoms. The Bertz CT molecular complexity index is 546.